The molecular formula is C14H16N2O4. The number of ether oxygens (including phenoxy) is 1. The van der Waals surface area contributed by atoms with Gasteiger partial charge >= 0.3 is 5.97 Å². The molecule has 6 nitrogen and oxygen atoms in total. The molecule has 0 saturated carbocycles. The fourth-order valence-corrected chi connectivity index (χ4v) is 2.81. The lowest BCUT2D eigenvalue weighted by Crippen LogP contribution is -2.46. The summed E-state index contributed by atoms with van der Waals surface area (Å²) in [7, 11) is 1.71. The number of carbonyl (C=O) groups excluding carboxylic acids is 2. The van der Waals surface area contributed by atoms with Crippen molar-refractivity contribution in [2.45, 2.75) is 19.1 Å². The number of anilines is 1. The van der Waals surface area contributed by atoms with Crippen LogP contribution in [-0.4, -0.2) is 31.6 Å². The van der Waals surface area contributed by atoms with Gasteiger partial charge in [-0.3, -0.25) is 9.63 Å². The number of carbonyl (C=O) groups is 2. The van der Waals surface area contributed by atoms with Crippen molar-refractivity contribution in [2.24, 2.45) is 5.92 Å². The molecule has 0 aliphatic carbocycles. The largest absolute Gasteiger partial charge is 0.464 e. The molecule has 2 aliphatic rings. The highest BCUT2D eigenvalue weighted by Gasteiger charge is 2.52. The number of benzene rings is 1. The topological polar surface area (TPSA) is 67.9 Å². The maximum Gasteiger partial charge on any atom is 0.338 e. The molecule has 1 aromatic rings. The zero-order valence-corrected chi connectivity index (χ0v) is 11.3. The molecule has 1 N–H and O–H groups in total. The minimum absolute atomic E-state index is 0.142. The summed E-state index contributed by atoms with van der Waals surface area (Å²) in [6, 6.07) is 7.27. The van der Waals surface area contributed by atoms with Gasteiger partial charge in [-0.25, -0.2) is 4.79 Å². The van der Waals surface area contributed by atoms with Crippen molar-refractivity contribution in [3.63, 3.8) is 0 Å². The fraction of sp³-hybridized carbons (Fsp3) is 0.429. The SMILES string of the molecule is CCOC(=O)[C@@H]1ON[C@@H]2c3ccccc3N(C)C(=O)[C@H]21. The number of nitrogens with zero attached hydrogens (tertiary/aromatic N) is 1. The molecule has 0 aromatic heterocycles. The maximum absolute atomic E-state index is 12.5. The quantitative estimate of drug-likeness (QED) is 0.809. The van der Waals surface area contributed by atoms with Gasteiger partial charge in [0.15, 0.2) is 6.10 Å². The van der Waals surface area contributed by atoms with E-state index in [4.69, 9.17) is 9.57 Å². The van der Waals surface area contributed by atoms with Crippen molar-refractivity contribution < 1.29 is 19.2 Å². The van der Waals surface area contributed by atoms with E-state index in [1.807, 2.05) is 24.3 Å². The smallest absolute Gasteiger partial charge is 0.338 e. The summed E-state index contributed by atoms with van der Waals surface area (Å²) >= 11 is 0. The van der Waals surface area contributed by atoms with Crippen molar-refractivity contribution in [3.05, 3.63) is 29.8 Å². The molecule has 1 aromatic carbocycles. The van der Waals surface area contributed by atoms with Crippen LogP contribution >= 0.6 is 0 Å². The summed E-state index contributed by atoms with van der Waals surface area (Å²) in [4.78, 5) is 31.3. The van der Waals surface area contributed by atoms with E-state index in [0.717, 1.165) is 11.3 Å². The summed E-state index contributed by atoms with van der Waals surface area (Å²) < 4.78 is 4.97. The molecule has 1 saturated heterocycles. The van der Waals surface area contributed by atoms with E-state index in [2.05, 4.69) is 5.48 Å². The zero-order valence-electron chi connectivity index (χ0n) is 11.3. The Morgan fingerprint density at radius 2 is 2.20 bits per heavy atom. The normalized spacial score (nSPS) is 28.0. The summed E-state index contributed by atoms with van der Waals surface area (Å²) in [6.07, 6.45) is -0.900. The van der Waals surface area contributed by atoms with E-state index in [1.165, 1.54) is 0 Å². The lowest BCUT2D eigenvalue weighted by atomic mass is 9.84. The molecule has 3 rings (SSSR count). The van der Waals surface area contributed by atoms with Gasteiger partial charge in [0.05, 0.1) is 18.6 Å². The highest BCUT2D eigenvalue weighted by atomic mass is 16.7. The molecule has 6 heteroatoms. The maximum atomic E-state index is 12.5. The molecule has 1 amide bonds. The van der Waals surface area contributed by atoms with Crippen LogP contribution in [0.4, 0.5) is 5.69 Å². The first-order valence-electron chi connectivity index (χ1n) is 6.59. The number of amides is 1. The van der Waals surface area contributed by atoms with E-state index in [0.29, 0.717) is 0 Å². The molecule has 106 valence electrons. The molecule has 1 fully saturated rings. The van der Waals surface area contributed by atoms with Crippen molar-refractivity contribution in [2.75, 3.05) is 18.6 Å². The number of rotatable bonds is 2. The molecule has 0 spiro atoms. The minimum atomic E-state index is -0.900. The molecule has 2 aliphatic heterocycles. The van der Waals surface area contributed by atoms with Crippen LogP contribution in [0.15, 0.2) is 24.3 Å². The number of hydrogen-bond donors (Lipinski definition) is 1. The molecule has 2 heterocycles. The number of para-hydroxylation sites is 1. The third-order valence-electron chi connectivity index (χ3n) is 3.78. The first-order chi connectivity index (χ1) is 9.65. The summed E-state index contributed by atoms with van der Waals surface area (Å²) in [5, 5.41) is 0. The third kappa shape index (κ3) is 1.80. The Labute approximate surface area is 116 Å². The van der Waals surface area contributed by atoms with Crippen LogP contribution in [0.2, 0.25) is 0 Å². The van der Waals surface area contributed by atoms with Crippen molar-refractivity contribution in [1.82, 2.24) is 5.48 Å². The Bertz CT molecular complexity index is 560. The van der Waals surface area contributed by atoms with Gasteiger partial charge in [0.25, 0.3) is 0 Å². The second kappa shape index (κ2) is 4.88. The van der Waals surface area contributed by atoms with Gasteiger partial charge in [-0.05, 0) is 18.6 Å². The highest BCUT2D eigenvalue weighted by Crippen LogP contribution is 2.42. The van der Waals surface area contributed by atoms with Crippen LogP contribution in [0.25, 0.3) is 0 Å². The highest BCUT2D eigenvalue weighted by molar-refractivity contribution is 6.01. The van der Waals surface area contributed by atoms with Crippen LogP contribution in [0.5, 0.6) is 0 Å². The van der Waals surface area contributed by atoms with Gasteiger partial charge in [0.1, 0.15) is 0 Å². The van der Waals surface area contributed by atoms with Crippen LogP contribution in [-0.2, 0) is 19.2 Å². The Morgan fingerprint density at radius 3 is 2.95 bits per heavy atom. The van der Waals surface area contributed by atoms with E-state index in [1.54, 1.807) is 18.9 Å². The third-order valence-corrected chi connectivity index (χ3v) is 3.78. The fourth-order valence-electron chi connectivity index (χ4n) is 2.81. The summed E-state index contributed by atoms with van der Waals surface area (Å²) in [5.74, 6) is -1.24. The van der Waals surface area contributed by atoms with Crippen LogP contribution in [0.3, 0.4) is 0 Å². The zero-order chi connectivity index (χ0) is 14.3. The van der Waals surface area contributed by atoms with Crippen LogP contribution < -0.4 is 10.4 Å². The van der Waals surface area contributed by atoms with E-state index in [-0.39, 0.29) is 18.6 Å². The Kier molecular flexibility index (Phi) is 3.19. The molecular weight excluding hydrogens is 260 g/mol. The van der Waals surface area contributed by atoms with Crippen molar-refractivity contribution in [3.8, 4) is 0 Å². The second-order valence-electron chi connectivity index (χ2n) is 4.87. The first kappa shape index (κ1) is 13.1. The van der Waals surface area contributed by atoms with Crippen LogP contribution in [0.1, 0.15) is 18.5 Å². The van der Waals surface area contributed by atoms with Gasteiger partial charge in [0, 0.05) is 12.7 Å². The summed E-state index contributed by atoms with van der Waals surface area (Å²) in [5.41, 5.74) is 4.59. The van der Waals surface area contributed by atoms with E-state index >= 15 is 0 Å². The molecule has 0 radical (unpaired) electrons. The second-order valence-corrected chi connectivity index (χ2v) is 4.87. The number of fused-ring (bicyclic) bond motifs is 3. The van der Waals surface area contributed by atoms with Gasteiger partial charge in [-0.1, -0.05) is 18.2 Å². The molecule has 0 bridgehead atoms. The Morgan fingerprint density at radius 1 is 1.45 bits per heavy atom. The predicted molar refractivity (Wildman–Crippen MR) is 70.7 cm³/mol. The Hall–Kier alpha value is -1.92. The number of nitrogens with one attached hydrogen (secondary N) is 1. The molecule has 0 unspecified atom stereocenters. The lowest BCUT2D eigenvalue weighted by Gasteiger charge is -2.33. The van der Waals surface area contributed by atoms with Gasteiger partial charge in [0.2, 0.25) is 5.91 Å². The van der Waals surface area contributed by atoms with Gasteiger partial charge in [-0.2, -0.15) is 5.48 Å². The molecule has 3 atom stereocenters. The first-order valence-corrected chi connectivity index (χ1v) is 6.59. The van der Waals surface area contributed by atoms with Crippen LogP contribution in [0, 0.1) is 5.92 Å². The van der Waals surface area contributed by atoms with E-state index in [9.17, 15) is 9.59 Å². The standard InChI is InChI=1S/C14H16N2O4/c1-3-19-14(18)12-10-11(15-20-12)8-6-4-5-7-9(8)16(2)13(10)17/h4-7,10-12,15H,3H2,1-2H3/t10-,11-,12-/m1/s1. The average Bonchev–Trinajstić information content (AvgIpc) is 2.90. The van der Waals surface area contributed by atoms with Crippen molar-refractivity contribution in [1.29, 1.82) is 0 Å². The number of hydroxylamine groups is 1. The Balaban J connectivity index is 1.98. The van der Waals surface area contributed by atoms with E-state index < -0.39 is 18.0 Å². The minimum Gasteiger partial charge on any atom is -0.464 e. The predicted octanol–water partition coefficient (Wildman–Crippen LogP) is 0.787. The average molecular weight is 276 g/mol. The number of esters is 1. The summed E-state index contributed by atoms with van der Waals surface area (Å²) in [6.45, 7) is 1.98. The van der Waals surface area contributed by atoms with Crippen molar-refractivity contribution >= 4 is 17.6 Å². The lowest BCUT2D eigenvalue weighted by molar-refractivity contribution is -0.160. The molecule has 20 heavy (non-hydrogen) atoms. The van der Waals surface area contributed by atoms with Gasteiger partial charge < -0.3 is 9.64 Å². The van der Waals surface area contributed by atoms with Gasteiger partial charge in [-0.15, -0.1) is 0 Å². The number of hydrogen-bond acceptors (Lipinski definition) is 5. The monoisotopic (exact) mass is 276 g/mol.